The number of amides is 1. The van der Waals surface area contributed by atoms with E-state index < -0.39 is 21.7 Å². The van der Waals surface area contributed by atoms with Crippen LogP contribution in [0.2, 0.25) is 0 Å². The first-order chi connectivity index (χ1) is 19.7. The summed E-state index contributed by atoms with van der Waals surface area (Å²) in [7, 11) is -2.36. The Morgan fingerprint density at radius 2 is 1.76 bits per heavy atom. The van der Waals surface area contributed by atoms with Crippen LogP contribution in [0.1, 0.15) is 29.9 Å². The lowest BCUT2D eigenvalue weighted by Crippen LogP contribution is -2.52. The smallest absolute Gasteiger partial charge is 0.248 e. The van der Waals surface area contributed by atoms with E-state index in [1.54, 1.807) is 7.11 Å². The molecule has 2 aliphatic heterocycles. The molecule has 218 valence electrons. The van der Waals surface area contributed by atoms with E-state index in [2.05, 4.69) is 10.1 Å². The van der Waals surface area contributed by atoms with Gasteiger partial charge in [-0.25, -0.2) is 17.2 Å². The number of aromatic nitrogens is 1. The molecule has 0 aliphatic carbocycles. The number of halogens is 2. The van der Waals surface area contributed by atoms with Crippen LogP contribution >= 0.6 is 0 Å². The second-order valence-corrected chi connectivity index (χ2v) is 12.0. The summed E-state index contributed by atoms with van der Waals surface area (Å²) in [6, 6.07) is 10.9. The second-order valence-electron chi connectivity index (χ2n) is 10.2. The molecule has 0 unspecified atom stereocenters. The molecular formula is C29H32F2N4O5S. The quantitative estimate of drug-likeness (QED) is 0.410. The van der Waals surface area contributed by atoms with Crippen LogP contribution in [0.25, 0.3) is 12.2 Å². The number of rotatable bonds is 7. The second kappa shape index (κ2) is 12.0. The van der Waals surface area contributed by atoms with Crippen molar-refractivity contribution in [1.82, 2.24) is 14.4 Å². The number of benzene rings is 2. The molecule has 0 radical (unpaired) electrons. The number of aryl methyl sites for hydroxylation is 1. The van der Waals surface area contributed by atoms with Gasteiger partial charge in [0, 0.05) is 68.6 Å². The molecular weight excluding hydrogens is 554 g/mol. The van der Waals surface area contributed by atoms with Crippen LogP contribution < -0.4 is 9.64 Å². The highest BCUT2D eigenvalue weighted by Gasteiger charge is 2.37. The van der Waals surface area contributed by atoms with Crippen molar-refractivity contribution in [3.05, 3.63) is 71.1 Å². The van der Waals surface area contributed by atoms with Crippen molar-refractivity contribution in [3.63, 3.8) is 0 Å². The van der Waals surface area contributed by atoms with Gasteiger partial charge < -0.3 is 19.1 Å². The monoisotopic (exact) mass is 586 g/mol. The molecule has 0 saturated carbocycles. The van der Waals surface area contributed by atoms with Crippen LogP contribution in [0.15, 0.2) is 51.9 Å². The van der Waals surface area contributed by atoms with E-state index in [1.165, 1.54) is 29.4 Å². The van der Waals surface area contributed by atoms with E-state index in [0.29, 0.717) is 39.0 Å². The first-order valence-corrected chi connectivity index (χ1v) is 14.9. The number of carbonyl (C=O) groups excluding carboxylic acids is 1. The topological polar surface area (TPSA) is 96.2 Å². The maximum absolute atomic E-state index is 14.0. The summed E-state index contributed by atoms with van der Waals surface area (Å²) in [6.07, 6.45) is 3.44. The molecule has 5 rings (SSSR count). The Labute approximate surface area is 238 Å². The molecule has 41 heavy (non-hydrogen) atoms. The van der Waals surface area contributed by atoms with E-state index in [4.69, 9.17) is 9.26 Å². The molecule has 0 N–H and O–H groups in total. The van der Waals surface area contributed by atoms with Crippen LogP contribution in [0.3, 0.4) is 0 Å². The SMILES string of the molecule is COc1cccc(N2CCN(C(=O)C3CCN(S(=O)(=O)c4c(C)noc4C=Cc4ccc(F)cc4F)CC3)CC2)c1. The minimum absolute atomic E-state index is 0.0432. The van der Waals surface area contributed by atoms with Gasteiger partial charge in [0.25, 0.3) is 0 Å². The highest BCUT2D eigenvalue weighted by Crippen LogP contribution is 2.30. The molecule has 2 aromatic carbocycles. The van der Waals surface area contributed by atoms with Gasteiger partial charge in [-0.2, -0.15) is 4.31 Å². The van der Waals surface area contributed by atoms with Crippen LogP contribution in [-0.2, 0) is 14.8 Å². The zero-order valence-electron chi connectivity index (χ0n) is 22.9. The van der Waals surface area contributed by atoms with E-state index in [9.17, 15) is 22.0 Å². The normalized spacial score (nSPS) is 17.4. The molecule has 2 aliphatic rings. The van der Waals surface area contributed by atoms with Gasteiger partial charge in [-0.1, -0.05) is 11.2 Å². The Bertz CT molecular complexity index is 1540. The van der Waals surface area contributed by atoms with Crippen molar-refractivity contribution in [3.8, 4) is 5.75 Å². The maximum atomic E-state index is 14.0. The van der Waals surface area contributed by atoms with Crippen molar-refractivity contribution in [1.29, 1.82) is 0 Å². The highest BCUT2D eigenvalue weighted by atomic mass is 32.2. The Balaban J connectivity index is 1.20. The average molecular weight is 587 g/mol. The number of anilines is 1. The molecule has 3 heterocycles. The predicted octanol–water partition coefficient (Wildman–Crippen LogP) is 4.19. The molecule has 2 saturated heterocycles. The Morgan fingerprint density at radius 1 is 1.02 bits per heavy atom. The van der Waals surface area contributed by atoms with Gasteiger partial charge in [0.15, 0.2) is 10.7 Å². The summed E-state index contributed by atoms with van der Waals surface area (Å²) >= 11 is 0. The number of piperidine rings is 1. The molecule has 3 aromatic rings. The number of hydrogen-bond donors (Lipinski definition) is 0. The lowest BCUT2D eigenvalue weighted by atomic mass is 9.96. The van der Waals surface area contributed by atoms with E-state index in [-0.39, 0.29) is 46.8 Å². The fraction of sp³-hybridized carbons (Fsp3) is 0.379. The number of hydrogen-bond acceptors (Lipinski definition) is 7. The third kappa shape index (κ3) is 6.13. The van der Waals surface area contributed by atoms with Crippen LogP contribution in [0.5, 0.6) is 5.75 Å². The number of carbonyl (C=O) groups is 1. The molecule has 12 heteroatoms. The number of ether oxygens (including phenoxy) is 1. The van der Waals surface area contributed by atoms with Gasteiger partial charge in [0.05, 0.1) is 7.11 Å². The summed E-state index contributed by atoms with van der Waals surface area (Å²) in [4.78, 5) is 17.3. The molecule has 0 spiro atoms. The van der Waals surface area contributed by atoms with Crippen molar-refractivity contribution in [2.75, 3.05) is 51.3 Å². The number of piperazine rings is 1. The lowest BCUT2D eigenvalue weighted by molar-refractivity contribution is -0.137. The first-order valence-electron chi connectivity index (χ1n) is 13.4. The van der Waals surface area contributed by atoms with Gasteiger partial charge in [0.2, 0.25) is 15.9 Å². The Kier molecular flexibility index (Phi) is 8.41. The molecule has 0 bridgehead atoms. The van der Waals surface area contributed by atoms with Crippen molar-refractivity contribution in [2.24, 2.45) is 5.92 Å². The summed E-state index contributed by atoms with van der Waals surface area (Å²) < 4.78 is 66.3. The first kappa shape index (κ1) is 28.7. The number of sulfonamides is 1. The van der Waals surface area contributed by atoms with Gasteiger partial charge >= 0.3 is 0 Å². The van der Waals surface area contributed by atoms with Crippen LogP contribution in [-0.4, -0.2) is 75.1 Å². The molecule has 2 fully saturated rings. The largest absolute Gasteiger partial charge is 0.497 e. The van der Waals surface area contributed by atoms with Crippen molar-refractivity contribution in [2.45, 2.75) is 24.7 Å². The van der Waals surface area contributed by atoms with Crippen molar-refractivity contribution >= 4 is 33.8 Å². The standard InChI is InChI=1S/C29H32F2N4O5S/c1-20-28(27(40-32-20)9-7-21-6-8-23(30)18-26(21)31)41(37,38)35-12-10-22(11-13-35)29(36)34-16-14-33(15-17-34)24-4-3-5-25(19-24)39-2/h3-9,18-19,22H,10-17H2,1-2H3. The molecule has 0 atom stereocenters. The minimum Gasteiger partial charge on any atom is -0.497 e. The third-order valence-electron chi connectivity index (χ3n) is 7.62. The summed E-state index contributed by atoms with van der Waals surface area (Å²) in [5, 5.41) is 3.81. The Hall–Kier alpha value is -3.77. The van der Waals surface area contributed by atoms with Crippen LogP contribution in [0, 0.1) is 24.5 Å². The molecule has 1 amide bonds. The lowest BCUT2D eigenvalue weighted by Gasteiger charge is -2.39. The fourth-order valence-electron chi connectivity index (χ4n) is 5.32. The maximum Gasteiger partial charge on any atom is 0.248 e. The minimum atomic E-state index is -3.99. The van der Waals surface area contributed by atoms with Crippen molar-refractivity contribution < 1.29 is 31.3 Å². The number of nitrogens with zero attached hydrogens (tertiary/aromatic N) is 4. The highest BCUT2D eigenvalue weighted by molar-refractivity contribution is 7.89. The van der Waals surface area contributed by atoms with E-state index in [1.807, 2.05) is 29.2 Å². The van der Waals surface area contributed by atoms with E-state index in [0.717, 1.165) is 23.6 Å². The van der Waals surface area contributed by atoms with Crippen LogP contribution in [0.4, 0.5) is 14.5 Å². The third-order valence-corrected chi connectivity index (χ3v) is 9.68. The van der Waals surface area contributed by atoms with E-state index >= 15 is 0 Å². The molecule has 1 aromatic heterocycles. The van der Waals surface area contributed by atoms with Gasteiger partial charge in [-0.3, -0.25) is 4.79 Å². The summed E-state index contributed by atoms with van der Waals surface area (Å²) in [5.74, 6) is -0.953. The fourth-order valence-corrected chi connectivity index (χ4v) is 7.04. The zero-order chi connectivity index (χ0) is 29.1. The van der Waals surface area contributed by atoms with Gasteiger partial charge in [-0.05, 0) is 56.2 Å². The molecule has 9 nitrogen and oxygen atoms in total. The van der Waals surface area contributed by atoms with Gasteiger partial charge in [-0.15, -0.1) is 0 Å². The van der Waals surface area contributed by atoms with Gasteiger partial charge in [0.1, 0.15) is 23.1 Å². The summed E-state index contributed by atoms with van der Waals surface area (Å²) in [5.41, 5.74) is 1.31. The average Bonchev–Trinajstić information content (AvgIpc) is 3.37. The Morgan fingerprint density at radius 3 is 2.44 bits per heavy atom. The predicted molar refractivity (Wildman–Crippen MR) is 150 cm³/mol. The summed E-state index contributed by atoms with van der Waals surface area (Å²) in [6.45, 7) is 4.49. The number of methoxy groups -OCH3 is 1. The zero-order valence-corrected chi connectivity index (χ0v) is 23.7.